The van der Waals surface area contributed by atoms with E-state index in [1.54, 1.807) is 12.1 Å². The molecule has 0 aromatic heterocycles. The molecule has 0 saturated carbocycles. The summed E-state index contributed by atoms with van der Waals surface area (Å²) in [6.07, 6.45) is 4.52. The number of primary amides is 1. The molecule has 6 nitrogen and oxygen atoms in total. The fourth-order valence-corrected chi connectivity index (χ4v) is 4.84. The van der Waals surface area contributed by atoms with E-state index in [9.17, 15) is 14.4 Å². The first-order valence-electron chi connectivity index (χ1n) is 10.3. The van der Waals surface area contributed by atoms with E-state index in [0.29, 0.717) is 18.6 Å². The summed E-state index contributed by atoms with van der Waals surface area (Å²) in [7, 11) is 0. The van der Waals surface area contributed by atoms with Gasteiger partial charge in [-0.1, -0.05) is 12.1 Å². The number of carbonyl (C=O) groups excluding carboxylic acids is 3. The minimum absolute atomic E-state index is 0.147. The zero-order valence-corrected chi connectivity index (χ0v) is 16.7. The topological polar surface area (TPSA) is 89.7 Å². The standard InChI is InChI=1S/C23H26N2O4/c1-2-25-16-5-3-7-18(26)22(16)21(23-17(25)6-4-8-19(23)27)14-9-11-15(12-10-14)29-13-20(24)28/h9-12,21H,2-8,13H2,1H3,(H2,24,28). The van der Waals surface area contributed by atoms with Crippen molar-refractivity contribution >= 4 is 17.5 Å². The molecule has 0 saturated heterocycles. The molecular formula is C23H26N2O4. The monoisotopic (exact) mass is 394 g/mol. The maximum atomic E-state index is 13.0. The molecule has 1 aliphatic heterocycles. The largest absolute Gasteiger partial charge is 0.484 e. The first-order chi connectivity index (χ1) is 14.0. The van der Waals surface area contributed by atoms with Crippen molar-refractivity contribution in [2.45, 2.75) is 51.4 Å². The highest BCUT2D eigenvalue weighted by molar-refractivity contribution is 6.06. The van der Waals surface area contributed by atoms with Gasteiger partial charge in [-0.05, 0) is 50.3 Å². The lowest BCUT2D eigenvalue weighted by molar-refractivity contribution is -0.120. The van der Waals surface area contributed by atoms with Gasteiger partial charge in [0.05, 0.1) is 0 Å². The number of hydrogen-bond donors (Lipinski definition) is 1. The van der Waals surface area contributed by atoms with Crippen molar-refractivity contribution in [2.24, 2.45) is 5.73 Å². The summed E-state index contributed by atoms with van der Waals surface area (Å²) in [5, 5.41) is 0. The second kappa shape index (κ2) is 7.85. The maximum absolute atomic E-state index is 13.0. The van der Waals surface area contributed by atoms with Crippen molar-refractivity contribution < 1.29 is 19.1 Å². The summed E-state index contributed by atoms with van der Waals surface area (Å²) in [6, 6.07) is 7.32. The van der Waals surface area contributed by atoms with Crippen molar-refractivity contribution in [1.29, 1.82) is 0 Å². The number of allylic oxidation sites excluding steroid dienone is 4. The Morgan fingerprint density at radius 2 is 1.55 bits per heavy atom. The van der Waals surface area contributed by atoms with Crippen molar-refractivity contribution in [3.05, 3.63) is 52.4 Å². The van der Waals surface area contributed by atoms with Crippen LogP contribution in [0, 0.1) is 0 Å². The Morgan fingerprint density at radius 1 is 1.00 bits per heavy atom. The molecule has 0 fully saturated rings. The van der Waals surface area contributed by atoms with Gasteiger partial charge in [0.25, 0.3) is 5.91 Å². The molecule has 0 spiro atoms. The number of ketones is 2. The van der Waals surface area contributed by atoms with Crippen LogP contribution in [0.1, 0.15) is 56.9 Å². The Bertz CT molecular complexity index is 883. The van der Waals surface area contributed by atoms with Crippen LogP contribution in [0.15, 0.2) is 46.8 Å². The Kier molecular flexibility index (Phi) is 5.26. The highest BCUT2D eigenvalue weighted by Crippen LogP contribution is 2.49. The van der Waals surface area contributed by atoms with Crippen LogP contribution in [0.5, 0.6) is 5.75 Å². The van der Waals surface area contributed by atoms with E-state index in [1.807, 2.05) is 12.1 Å². The van der Waals surface area contributed by atoms with Crippen LogP contribution < -0.4 is 10.5 Å². The minimum Gasteiger partial charge on any atom is -0.484 e. The zero-order valence-electron chi connectivity index (χ0n) is 16.7. The van der Waals surface area contributed by atoms with Gasteiger partial charge in [-0.25, -0.2) is 0 Å². The molecule has 4 rings (SSSR count). The van der Waals surface area contributed by atoms with E-state index in [0.717, 1.165) is 60.3 Å². The van der Waals surface area contributed by atoms with Gasteiger partial charge in [0.15, 0.2) is 18.2 Å². The summed E-state index contributed by atoms with van der Waals surface area (Å²) in [5.41, 5.74) is 9.82. The van der Waals surface area contributed by atoms with Crippen LogP contribution in [-0.2, 0) is 14.4 Å². The van der Waals surface area contributed by atoms with E-state index in [-0.39, 0.29) is 24.1 Å². The molecule has 152 valence electrons. The van der Waals surface area contributed by atoms with Gasteiger partial charge in [0, 0.05) is 47.8 Å². The number of Topliss-reactive ketones (excluding diaryl/α,β-unsaturated/α-hetero) is 2. The van der Waals surface area contributed by atoms with Crippen LogP contribution in [0.25, 0.3) is 0 Å². The van der Waals surface area contributed by atoms with E-state index in [4.69, 9.17) is 10.5 Å². The third kappa shape index (κ3) is 3.48. The molecule has 1 aromatic rings. The summed E-state index contributed by atoms with van der Waals surface area (Å²) in [6.45, 7) is 2.67. The van der Waals surface area contributed by atoms with Crippen LogP contribution >= 0.6 is 0 Å². The predicted octanol–water partition coefficient (Wildman–Crippen LogP) is 2.98. The number of nitrogens with zero attached hydrogens (tertiary/aromatic N) is 1. The predicted molar refractivity (Wildman–Crippen MR) is 108 cm³/mol. The van der Waals surface area contributed by atoms with Gasteiger partial charge in [-0.15, -0.1) is 0 Å². The second-order valence-electron chi connectivity index (χ2n) is 7.78. The third-order valence-corrected chi connectivity index (χ3v) is 6.00. The van der Waals surface area contributed by atoms with Gasteiger partial charge in [-0.3, -0.25) is 14.4 Å². The highest BCUT2D eigenvalue weighted by Gasteiger charge is 2.42. The van der Waals surface area contributed by atoms with Crippen molar-refractivity contribution in [1.82, 2.24) is 4.90 Å². The molecule has 1 amide bonds. The van der Waals surface area contributed by atoms with Gasteiger partial charge >= 0.3 is 0 Å². The third-order valence-electron chi connectivity index (χ3n) is 6.00. The molecule has 3 aliphatic rings. The molecule has 6 heteroatoms. The Hall–Kier alpha value is -2.89. The van der Waals surface area contributed by atoms with E-state index >= 15 is 0 Å². The lowest BCUT2D eigenvalue weighted by atomic mass is 9.71. The van der Waals surface area contributed by atoms with Gasteiger partial charge < -0.3 is 15.4 Å². The molecule has 0 atom stereocenters. The number of ether oxygens (including phenoxy) is 1. The molecule has 0 unspecified atom stereocenters. The lowest BCUT2D eigenvalue weighted by Gasteiger charge is -2.43. The number of rotatable bonds is 5. The molecule has 1 heterocycles. The van der Waals surface area contributed by atoms with Crippen LogP contribution in [0.2, 0.25) is 0 Å². The highest BCUT2D eigenvalue weighted by atomic mass is 16.5. The average Bonchev–Trinajstić information content (AvgIpc) is 2.71. The van der Waals surface area contributed by atoms with E-state index < -0.39 is 5.91 Å². The minimum atomic E-state index is -0.536. The van der Waals surface area contributed by atoms with Gasteiger partial charge in [0.2, 0.25) is 0 Å². The molecule has 29 heavy (non-hydrogen) atoms. The fourth-order valence-electron chi connectivity index (χ4n) is 4.84. The number of nitrogens with two attached hydrogens (primary N) is 1. The van der Waals surface area contributed by atoms with Crippen LogP contribution in [0.3, 0.4) is 0 Å². The summed E-state index contributed by atoms with van der Waals surface area (Å²) >= 11 is 0. The number of hydrogen-bond acceptors (Lipinski definition) is 5. The first kappa shape index (κ1) is 19.4. The van der Waals surface area contributed by atoms with E-state index in [2.05, 4.69) is 11.8 Å². The molecule has 2 aliphatic carbocycles. The van der Waals surface area contributed by atoms with Crippen LogP contribution in [0.4, 0.5) is 0 Å². The van der Waals surface area contributed by atoms with Gasteiger partial charge in [-0.2, -0.15) is 0 Å². The molecule has 0 radical (unpaired) electrons. The van der Waals surface area contributed by atoms with Gasteiger partial charge in [0.1, 0.15) is 5.75 Å². The quantitative estimate of drug-likeness (QED) is 0.829. The Labute approximate surface area is 170 Å². The Balaban J connectivity index is 1.80. The first-order valence-corrected chi connectivity index (χ1v) is 10.3. The lowest BCUT2D eigenvalue weighted by Crippen LogP contribution is -2.39. The average molecular weight is 394 g/mol. The summed E-state index contributed by atoms with van der Waals surface area (Å²) in [4.78, 5) is 39.2. The number of carbonyl (C=O) groups is 3. The van der Waals surface area contributed by atoms with Crippen molar-refractivity contribution in [3.63, 3.8) is 0 Å². The molecular weight excluding hydrogens is 368 g/mol. The maximum Gasteiger partial charge on any atom is 0.255 e. The Morgan fingerprint density at radius 3 is 2.03 bits per heavy atom. The van der Waals surface area contributed by atoms with Crippen molar-refractivity contribution in [3.8, 4) is 5.75 Å². The van der Waals surface area contributed by atoms with Crippen molar-refractivity contribution in [2.75, 3.05) is 13.2 Å². The fraction of sp³-hybridized carbons (Fsp3) is 0.435. The zero-order chi connectivity index (χ0) is 20.5. The molecule has 2 N–H and O–H groups in total. The SMILES string of the molecule is CCN1C2=C(C(=O)CCC2)C(c2ccc(OCC(N)=O)cc2)C2=C1CCCC2=O. The molecule has 1 aromatic carbocycles. The second-order valence-corrected chi connectivity index (χ2v) is 7.78. The smallest absolute Gasteiger partial charge is 0.255 e. The summed E-state index contributed by atoms with van der Waals surface area (Å²) < 4.78 is 5.36. The molecule has 0 bridgehead atoms. The summed E-state index contributed by atoms with van der Waals surface area (Å²) in [5.74, 6) is -0.0194. The normalized spacial score (nSPS) is 20.0. The number of benzene rings is 1. The van der Waals surface area contributed by atoms with E-state index in [1.165, 1.54) is 0 Å². The number of amides is 1. The van der Waals surface area contributed by atoms with Crippen LogP contribution in [-0.4, -0.2) is 35.5 Å².